The van der Waals surface area contributed by atoms with Crippen LogP contribution in [0.5, 0.6) is 0 Å². The minimum atomic E-state index is 0.217. The number of fused-ring (bicyclic) bond motifs is 1. The van der Waals surface area contributed by atoms with Crippen LogP contribution < -0.4 is 5.43 Å². The zero-order chi connectivity index (χ0) is 14.7. The van der Waals surface area contributed by atoms with Gasteiger partial charge in [0.1, 0.15) is 6.07 Å². The van der Waals surface area contributed by atoms with Gasteiger partial charge >= 0.3 is 0 Å². The maximum atomic E-state index is 9.27. The Hall–Kier alpha value is -3.13. The molecule has 1 heterocycles. The molecule has 0 spiro atoms. The van der Waals surface area contributed by atoms with Crippen LogP contribution in [0.25, 0.3) is 11.0 Å². The third-order valence-electron chi connectivity index (χ3n) is 3.15. The van der Waals surface area contributed by atoms with E-state index >= 15 is 0 Å². The standard InChI is InChI=1S/C16H13N5/c1-11-6-2-3-7-12(11)20-21-15(10-17)16-18-13-8-4-5-9-14(13)19-16/h2-9,20H,1H3,(H,18,19)/b21-15-. The number of hydrogen-bond donors (Lipinski definition) is 2. The van der Waals surface area contributed by atoms with E-state index < -0.39 is 0 Å². The molecule has 0 atom stereocenters. The summed E-state index contributed by atoms with van der Waals surface area (Å²) in [6.45, 7) is 1.98. The lowest BCUT2D eigenvalue weighted by Gasteiger charge is -2.03. The summed E-state index contributed by atoms with van der Waals surface area (Å²) in [5, 5.41) is 13.4. The first-order chi connectivity index (χ1) is 10.3. The number of nitrogens with one attached hydrogen (secondary N) is 2. The van der Waals surface area contributed by atoms with Gasteiger partial charge in [-0.2, -0.15) is 10.4 Å². The first-order valence-corrected chi connectivity index (χ1v) is 6.52. The lowest BCUT2D eigenvalue weighted by Crippen LogP contribution is -2.04. The monoisotopic (exact) mass is 275 g/mol. The van der Waals surface area contributed by atoms with Crippen molar-refractivity contribution in [2.24, 2.45) is 5.10 Å². The molecule has 0 bridgehead atoms. The highest BCUT2D eigenvalue weighted by atomic mass is 15.3. The number of benzene rings is 2. The van der Waals surface area contributed by atoms with Crippen molar-refractivity contribution in [1.29, 1.82) is 5.26 Å². The summed E-state index contributed by atoms with van der Waals surface area (Å²) < 4.78 is 0. The topological polar surface area (TPSA) is 76.9 Å². The quantitative estimate of drug-likeness (QED) is 0.569. The molecular formula is C16H13N5. The Morgan fingerprint density at radius 1 is 1.19 bits per heavy atom. The molecule has 0 aliphatic carbocycles. The molecule has 1 aromatic heterocycles. The molecule has 0 aliphatic heterocycles. The Labute approximate surface area is 122 Å². The van der Waals surface area contributed by atoms with Crippen molar-refractivity contribution in [2.45, 2.75) is 6.92 Å². The van der Waals surface area contributed by atoms with E-state index in [-0.39, 0.29) is 5.71 Å². The van der Waals surface area contributed by atoms with E-state index in [9.17, 15) is 5.26 Å². The molecule has 0 amide bonds. The second kappa shape index (κ2) is 5.47. The van der Waals surface area contributed by atoms with Crippen molar-refractivity contribution in [1.82, 2.24) is 9.97 Å². The maximum Gasteiger partial charge on any atom is 0.203 e. The van der Waals surface area contributed by atoms with Crippen LogP contribution in [0.2, 0.25) is 0 Å². The summed E-state index contributed by atoms with van der Waals surface area (Å²) in [6, 6.07) is 17.4. The van der Waals surface area contributed by atoms with E-state index in [0.29, 0.717) is 5.82 Å². The number of nitriles is 1. The van der Waals surface area contributed by atoms with Gasteiger partial charge in [0.2, 0.25) is 5.71 Å². The Morgan fingerprint density at radius 3 is 2.71 bits per heavy atom. The fraction of sp³-hybridized carbons (Fsp3) is 0.0625. The fourth-order valence-corrected chi connectivity index (χ4v) is 2.01. The van der Waals surface area contributed by atoms with E-state index in [1.165, 1.54) is 0 Å². The molecule has 0 aliphatic rings. The predicted octanol–water partition coefficient (Wildman–Crippen LogP) is 3.21. The van der Waals surface area contributed by atoms with Gasteiger partial charge in [0.25, 0.3) is 0 Å². The number of imidazole rings is 1. The normalized spacial score (nSPS) is 11.3. The Kier molecular flexibility index (Phi) is 3.36. The van der Waals surface area contributed by atoms with Gasteiger partial charge in [-0.25, -0.2) is 4.98 Å². The van der Waals surface area contributed by atoms with Crippen molar-refractivity contribution in [3.63, 3.8) is 0 Å². The molecule has 0 saturated heterocycles. The molecule has 0 fully saturated rings. The van der Waals surface area contributed by atoms with Crippen molar-refractivity contribution in [3.05, 3.63) is 59.9 Å². The third kappa shape index (κ3) is 2.60. The van der Waals surface area contributed by atoms with Gasteiger partial charge in [0.15, 0.2) is 5.82 Å². The molecule has 2 aromatic carbocycles. The summed E-state index contributed by atoms with van der Waals surface area (Å²) in [7, 11) is 0. The smallest absolute Gasteiger partial charge is 0.203 e. The average molecular weight is 275 g/mol. The summed E-state index contributed by atoms with van der Waals surface area (Å²) in [5.41, 5.74) is 6.74. The predicted molar refractivity (Wildman–Crippen MR) is 83.0 cm³/mol. The molecule has 5 nitrogen and oxygen atoms in total. The highest BCUT2D eigenvalue weighted by Crippen LogP contribution is 2.14. The fourth-order valence-electron chi connectivity index (χ4n) is 2.01. The van der Waals surface area contributed by atoms with Crippen molar-refractivity contribution >= 4 is 22.4 Å². The number of rotatable bonds is 3. The summed E-state index contributed by atoms with van der Waals surface area (Å²) in [6.07, 6.45) is 0. The van der Waals surface area contributed by atoms with Crippen LogP contribution in [0, 0.1) is 18.3 Å². The number of aromatic amines is 1. The maximum absolute atomic E-state index is 9.27. The van der Waals surface area contributed by atoms with E-state index in [0.717, 1.165) is 22.3 Å². The van der Waals surface area contributed by atoms with E-state index in [4.69, 9.17) is 0 Å². The first-order valence-electron chi connectivity index (χ1n) is 6.52. The van der Waals surface area contributed by atoms with Crippen molar-refractivity contribution in [3.8, 4) is 6.07 Å². The number of H-pyrrole nitrogens is 1. The van der Waals surface area contributed by atoms with Gasteiger partial charge in [-0.1, -0.05) is 30.3 Å². The second-order valence-electron chi connectivity index (χ2n) is 4.60. The lowest BCUT2D eigenvalue weighted by atomic mass is 10.2. The lowest BCUT2D eigenvalue weighted by molar-refractivity contribution is 1.24. The van der Waals surface area contributed by atoms with Crippen LogP contribution >= 0.6 is 0 Å². The van der Waals surface area contributed by atoms with Gasteiger partial charge in [-0.05, 0) is 30.7 Å². The molecule has 5 heteroatoms. The number of aromatic nitrogens is 2. The van der Waals surface area contributed by atoms with Crippen molar-refractivity contribution < 1.29 is 0 Å². The minimum absolute atomic E-state index is 0.217. The second-order valence-corrected chi connectivity index (χ2v) is 4.60. The van der Waals surface area contributed by atoms with Gasteiger partial charge in [-0.3, -0.25) is 5.43 Å². The highest BCUT2D eigenvalue weighted by Gasteiger charge is 2.09. The molecular weight excluding hydrogens is 262 g/mol. The van der Waals surface area contributed by atoms with Crippen LogP contribution in [0.3, 0.4) is 0 Å². The zero-order valence-corrected chi connectivity index (χ0v) is 11.5. The first kappa shape index (κ1) is 12.9. The summed E-state index contributed by atoms with van der Waals surface area (Å²) >= 11 is 0. The Bertz CT molecular complexity index is 821. The van der Waals surface area contributed by atoms with E-state index in [1.54, 1.807) is 0 Å². The number of para-hydroxylation sites is 3. The van der Waals surface area contributed by atoms with Gasteiger partial charge in [0, 0.05) is 0 Å². The summed E-state index contributed by atoms with van der Waals surface area (Å²) in [4.78, 5) is 7.46. The molecule has 3 rings (SSSR count). The van der Waals surface area contributed by atoms with Crippen LogP contribution in [-0.2, 0) is 0 Å². The molecule has 0 radical (unpaired) electrons. The molecule has 3 aromatic rings. The SMILES string of the molecule is Cc1ccccc1N/N=C(/C#N)c1nc2ccccc2[nH]1. The number of nitrogens with zero attached hydrogens (tertiary/aromatic N) is 3. The van der Waals surface area contributed by atoms with Crippen LogP contribution in [0.4, 0.5) is 5.69 Å². The number of hydrogen-bond acceptors (Lipinski definition) is 4. The molecule has 21 heavy (non-hydrogen) atoms. The highest BCUT2D eigenvalue weighted by molar-refractivity contribution is 6.10. The van der Waals surface area contributed by atoms with Gasteiger partial charge in [0.05, 0.1) is 16.7 Å². The third-order valence-corrected chi connectivity index (χ3v) is 3.15. The van der Waals surface area contributed by atoms with E-state index in [2.05, 4.69) is 26.6 Å². The van der Waals surface area contributed by atoms with Crippen LogP contribution in [0.15, 0.2) is 53.6 Å². The zero-order valence-electron chi connectivity index (χ0n) is 11.5. The number of anilines is 1. The van der Waals surface area contributed by atoms with Crippen LogP contribution in [0.1, 0.15) is 11.4 Å². The molecule has 0 unspecified atom stereocenters. The number of aryl methyl sites for hydroxylation is 1. The average Bonchev–Trinajstić information content (AvgIpc) is 2.93. The van der Waals surface area contributed by atoms with Crippen molar-refractivity contribution in [2.75, 3.05) is 5.43 Å². The Morgan fingerprint density at radius 2 is 1.95 bits per heavy atom. The van der Waals surface area contributed by atoms with E-state index in [1.807, 2.05) is 55.5 Å². The van der Waals surface area contributed by atoms with Gasteiger partial charge in [-0.15, -0.1) is 0 Å². The molecule has 0 saturated carbocycles. The summed E-state index contributed by atoms with van der Waals surface area (Å²) in [5.74, 6) is 0.458. The van der Waals surface area contributed by atoms with Gasteiger partial charge < -0.3 is 4.98 Å². The Balaban J connectivity index is 1.93. The molecule has 102 valence electrons. The minimum Gasteiger partial charge on any atom is -0.336 e. The van der Waals surface area contributed by atoms with Crippen LogP contribution in [-0.4, -0.2) is 15.7 Å². The largest absolute Gasteiger partial charge is 0.336 e. The number of hydrazone groups is 1. The molecule has 2 N–H and O–H groups in total.